The molecule has 0 bridgehead atoms. The fourth-order valence-corrected chi connectivity index (χ4v) is 3.94. The summed E-state index contributed by atoms with van der Waals surface area (Å²) in [5, 5.41) is 33.9. The van der Waals surface area contributed by atoms with Crippen LogP contribution in [0.2, 0.25) is 0 Å². The molecular formula is C23H23FN2O5. The van der Waals surface area contributed by atoms with Gasteiger partial charge in [0.2, 0.25) is 0 Å². The van der Waals surface area contributed by atoms with E-state index >= 15 is 0 Å². The van der Waals surface area contributed by atoms with Gasteiger partial charge < -0.3 is 30.0 Å². The molecule has 0 unspecified atom stereocenters. The summed E-state index contributed by atoms with van der Waals surface area (Å²) < 4.78 is 19.5. The Morgan fingerprint density at radius 3 is 2.52 bits per heavy atom. The molecular weight excluding hydrogens is 403 g/mol. The third kappa shape index (κ3) is 3.62. The number of benzene rings is 2. The smallest absolute Gasteiger partial charge is 0.258 e. The van der Waals surface area contributed by atoms with E-state index in [9.17, 15) is 24.5 Å². The van der Waals surface area contributed by atoms with E-state index in [0.29, 0.717) is 34.4 Å². The number of nitrogens with zero attached hydrogens (tertiary/aromatic N) is 1. The number of hydrogen-bond donors (Lipinski definition) is 4. The Morgan fingerprint density at radius 2 is 1.87 bits per heavy atom. The van der Waals surface area contributed by atoms with Gasteiger partial charge in [-0.1, -0.05) is 0 Å². The van der Waals surface area contributed by atoms with Crippen LogP contribution in [0.4, 0.5) is 4.39 Å². The lowest BCUT2D eigenvalue weighted by atomic mass is 9.98. The highest BCUT2D eigenvalue weighted by atomic mass is 19.1. The van der Waals surface area contributed by atoms with Gasteiger partial charge in [-0.15, -0.1) is 0 Å². The first-order chi connectivity index (χ1) is 14.8. The number of amides is 1. The summed E-state index contributed by atoms with van der Waals surface area (Å²) in [6.45, 7) is 0.635. The maximum absolute atomic E-state index is 13.5. The summed E-state index contributed by atoms with van der Waals surface area (Å²) in [7, 11) is 0. The number of aliphatic hydroxyl groups is 1. The molecule has 31 heavy (non-hydrogen) atoms. The van der Waals surface area contributed by atoms with Crippen LogP contribution in [-0.4, -0.2) is 57.5 Å². The van der Waals surface area contributed by atoms with Crippen LogP contribution in [0.3, 0.4) is 0 Å². The zero-order chi connectivity index (χ0) is 21.8. The molecule has 3 aromatic rings. The van der Waals surface area contributed by atoms with Gasteiger partial charge in [0.15, 0.2) is 0 Å². The van der Waals surface area contributed by atoms with Crippen LogP contribution in [-0.2, 0) is 6.54 Å². The molecule has 0 atom stereocenters. The Balaban J connectivity index is 1.62. The van der Waals surface area contributed by atoms with Crippen molar-refractivity contribution in [2.24, 2.45) is 0 Å². The predicted octanol–water partition coefficient (Wildman–Crippen LogP) is 2.92. The summed E-state index contributed by atoms with van der Waals surface area (Å²) in [5.74, 6) is 0.0107. The molecule has 2 aliphatic rings. The molecule has 0 radical (unpaired) electrons. The molecule has 2 fully saturated rings. The van der Waals surface area contributed by atoms with Crippen molar-refractivity contribution < 1.29 is 28.9 Å². The molecule has 4 N–H and O–H groups in total. The topological polar surface area (TPSA) is 106 Å². The maximum atomic E-state index is 13.5. The fourth-order valence-electron chi connectivity index (χ4n) is 3.94. The minimum absolute atomic E-state index is 0.00173. The van der Waals surface area contributed by atoms with E-state index in [0.717, 1.165) is 12.8 Å². The molecule has 2 heterocycles. The van der Waals surface area contributed by atoms with E-state index in [-0.39, 0.29) is 42.6 Å². The number of furan rings is 1. The lowest BCUT2D eigenvalue weighted by molar-refractivity contribution is 0.0402. The number of alkyl halides is 1. The minimum Gasteiger partial charge on any atom is -0.508 e. The van der Waals surface area contributed by atoms with Crippen LogP contribution >= 0.6 is 0 Å². The summed E-state index contributed by atoms with van der Waals surface area (Å²) in [6, 6.07) is 9.36. The fraction of sp³-hybridized carbons (Fsp3) is 0.348. The Kier molecular flexibility index (Phi) is 4.64. The standard InChI is InChI=1S/C23H23FN2O5/c24-14-10-26(11-14)22(29)20-19-16(9-25-12-23(30)7-8-23)17(28)5-6-18(19)31-21(20)13-1-3-15(27)4-2-13/h1-6,14,25,27-28,30H,7-12H2. The number of aromatic hydroxyl groups is 2. The first-order valence-electron chi connectivity index (χ1n) is 10.3. The minimum atomic E-state index is -1.05. The van der Waals surface area contributed by atoms with Crippen LogP contribution in [0.15, 0.2) is 40.8 Å². The van der Waals surface area contributed by atoms with Crippen LogP contribution < -0.4 is 5.32 Å². The van der Waals surface area contributed by atoms with Crippen molar-refractivity contribution in [2.75, 3.05) is 19.6 Å². The van der Waals surface area contributed by atoms with Gasteiger partial charge >= 0.3 is 0 Å². The summed E-state index contributed by atoms with van der Waals surface area (Å²) in [4.78, 5) is 14.7. The lowest BCUT2D eigenvalue weighted by Gasteiger charge is -2.34. The first kappa shape index (κ1) is 19.8. The number of rotatable bonds is 6. The van der Waals surface area contributed by atoms with Crippen LogP contribution in [0.5, 0.6) is 11.5 Å². The Labute approximate surface area is 177 Å². The molecule has 5 rings (SSSR count). The van der Waals surface area contributed by atoms with Gasteiger partial charge in [0.05, 0.1) is 24.3 Å². The number of fused-ring (bicyclic) bond motifs is 1. The number of phenolic OH excluding ortho intramolecular Hbond substituents is 2. The van der Waals surface area contributed by atoms with Crippen molar-refractivity contribution in [1.29, 1.82) is 0 Å². The highest BCUT2D eigenvalue weighted by molar-refractivity contribution is 6.12. The zero-order valence-electron chi connectivity index (χ0n) is 16.8. The SMILES string of the molecule is O=C(c1c(-c2ccc(O)cc2)oc2ccc(O)c(CNCC3(O)CC3)c12)N1CC(F)C1. The van der Waals surface area contributed by atoms with Gasteiger partial charge in [-0.05, 0) is 49.2 Å². The second kappa shape index (κ2) is 7.25. The molecule has 1 aromatic heterocycles. The molecule has 1 aliphatic heterocycles. The van der Waals surface area contributed by atoms with Gasteiger partial charge in [-0.2, -0.15) is 0 Å². The second-order valence-electron chi connectivity index (χ2n) is 8.42. The first-order valence-corrected chi connectivity index (χ1v) is 10.3. The number of phenols is 2. The predicted molar refractivity (Wildman–Crippen MR) is 112 cm³/mol. The number of hydrogen-bond acceptors (Lipinski definition) is 6. The normalized spacial score (nSPS) is 17.7. The van der Waals surface area contributed by atoms with Crippen LogP contribution in [0.1, 0.15) is 28.8 Å². The number of carbonyl (C=O) groups is 1. The lowest BCUT2D eigenvalue weighted by Crippen LogP contribution is -2.51. The highest BCUT2D eigenvalue weighted by Gasteiger charge is 2.40. The Bertz CT molecular complexity index is 1150. The number of halogens is 1. The Hall–Kier alpha value is -3.10. The van der Waals surface area contributed by atoms with Gasteiger partial charge in [0.25, 0.3) is 5.91 Å². The highest BCUT2D eigenvalue weighted by Crippen LogP contribution is 2.40. The third-order valence-corrected chi connectivity index (χ3v) is 5.99. The maximum Gasteiger partial charge on any atom is 0.258 e. The molecule has 162 valence electrons. The van der Waals surface area contributed by atoms with E-state index in [1.165, 1.54) is 23.1 Å². The van der Waals surface area contributed by atoms with Gasteiger partial charge in [-0.25, -0.2) is 4.39 Å². The number of likely N-dealkylation sites (tertiary alicyclic amines) is 1. The van der Waals surface area contributed by atoms with Crippen molar-refractivity contribution in [3.8, 4) is 22.8 Å². The van der Waals surface area contributed by atoms with Crippen molar-refractivity contribution in [3.05, 3.63) is 47.5 Å². The summed E-state index contributed by atoms with van der Waals surface area (Å²) in [5.41, 5.74) is 1.04. The van der Waals surface area contributed by atoms with Crippen molar-refractivity contribution in [3.63, 3.8) is 0 Å². The van der Waals surface area contributed by atoms with Gasteiger partial charge in [0.1, 0.15) is 29.0 Å². The van der Waals surface area contributed by atoms with E-state index < -0.39 is 11.8 Å². The van der Waals surface area contributed by atoms with Gasteiger partial charge in [0, 0.05) is 29.6 Å². The summed E-state index contributed by atoms with van der Waals surface area (Å²) in [6.07, 6.45) is 0.416. The largest absolute Gasteiger partial charge is 0.508 e. The summed E-state index contributed by atoms with van der Waals surface area (Å²) >= 11 is 0. The Morgan fingerprint density at radius 1 is 1.16 bits per heavy atom. The average Bonchev–Trinajstić information content (AvgIpc) is 3.33. The number of carbonyl (C=O) groups excluding carboxylic acids is 1. The number of nitrogens with one attached hydrogen (secondary N) is 1. The molecule has 1 aliphatic carbocycles. The van der Waals surface area contributed by atoms with E-state index in [4.69, 9.17) is 4.42 Å². The quantitative estimate of drug-likeness (QED) is 0.483. The van der Waals surface area contributed by atoms with Crippen molar-refractivity contribution in [1.82, 2.24) is 10.2 Å². The second-order valence-corrected chi connectivity index (χ2v) is 8.42. The molecule has 1 amide bonds. The average molecular weight is 426 g/mol. The van der Waals surface area contributed by atoms with E-state index in [1.807, 2.05) is 0 Å². The molecule has 8 heteroatoms. The molecule has 7 nitrogen and oxygen atoms in total. The molecule has 0 spiro atoms. The van der Waals surface area contributed by atoms with Crippen molar-refractivity contribution in [2.45, 2.75) is 31.2 Å². The molecule has 1 saturated carbocycles. The van der Waals surface area contributed by atoms with E-state index in [2.05, 4.69) is 5.32 Å². The molecule has 2 aromatic carbocycles. The van der Waals surface area contributed by atoms with E-state index in [1.54, 1.807) is 18.2 Å². The molecule has 1 saturated heterocycles. The zero-order valence-corrected chi connectivity index (χ0v) is 16.8. The monoisotopic (exact) mass is 426 g/mol. The van der Waals surface area contributed by atoms with Crippen LogP contribution in [0, 0.1) is 0 Å². The van der Waals surface area contributed by atoms with Crippen LogP contribution in [0.25, 0.3) is 22.3 Å². The third-order valence-electron chi connectivity index (χ3n) is 5.99. The van der Waals surface area contributed by atoms with Gasteiger partial charge in [-0.3, -0.25) is 4.79 Å². The van der Waals surface area contributed by atoms with Crippen molar-refractivity contribution >= 4 is 16.9 Å².